The lowest BCUT2D eigenvalue weighted by atomic mass is 10.2. The number of hydrogen-bond donors (Lipinski definition) is 1. The summed E-state index contributed by atoms with van der Waals surface area (Å²) in [4.78, 5) is -0.00657. The van der Waals surface area contributed by atoms with Gasteiger partial charge in [-0.25, -0.2) is 17.9 Å². The first kappa shape index (κ1) is 15.1. The fourth-order valence-electron chi connectivity index (χ4n) is 2.07. The van der Waals surface area contributed by atoms with Crippen LogP contribution in [0.2, 0.25) is 0 Å². The first-order valence-electron chi connectivity index (χ1n) is 5.71. The number of aromatic nitrogens is 2. The van der Waals surface area contributed by atoms with Gasteiger partial charge in [-0.1, -0.05) is 15.9 Å². The molecule has 5 nitrogen and oxygen atoms in total. The second-order valence-electron chi connectivity index (χ2n) is 4.44. The summed E-state index contributed by atoms with van der Waals surface area (Å²) in [5, 5.41) is 9.27. The Morgan fingerprint density at radius 1 is 1.40 bits per heavy atom. The minimum Gasteiger partial charge on any atom is -0.264 e. The molecule has 0 aliphatic heterocycles. The van der Waals surface area contributed by atoms with Gasteiger partial charge in [0, 0.05) is 10.0 Å². The lowest BCUT2D eigenvalue weighted by Crippen LogP contribution is -2.14. The van der Waals surface area contributed by atoms with Crippen molar-refractivity contribution in [2.24, 2.45) is 5.14 Å². The summed E-state index contributed by atoms with van der Waals surface area (Å²) in [7, 11) is -3.84. The van der Waals surface area contributed by atoms with Crippen molar-refractivity contribution in [3.63, 3.8) is 0 Å². The first-order valence-corrected chi connectivity index (χ1v) is 8.05. The molecule has 1 aromatic carbocycles. The molecule has 108 valence electrons. The number of nitrogens with zero attached hydrogens (tertiary/aromatic N) is 2. The molecule has 8 heteroatoms. The lowest BCUT2D eigenvalue weighted by molar-refractivity contribution is 0.577. The zero-order valence-corrected chi connectivity index (χ0v) is 13.3. The van der Waals surface area contributed by atoms with Crippen LogP contribution in [0, 0.1) is 19.7 Å². The van der Waals surface area contributed by atoms with Crippen LogP contribution in [0.15, 0.2) is 27.6 Å². The molecule has 0 amide bonds. The molecule has 0 unspecified atom stereocenters. The monoisotopic (exact) mass is 361 g/mol. The van der Waals surface area contributed by atoms with Crippen LogP contribution in [0.3, 0.4) is 0 Å². The molecule has 0 bridgehead atoms. The Morgan fingerprint density at radius 3 is 2.60 bits per heavy atom. The molecule has 0 saturated heterocycles. The predicted molar refractivity (Wildman–Crippen MR) is 76.3 cm³/mol. The van der Waals surface area contributed by atoms with Crippen molar-refractivity contribution in [2.75, 3.05) is 0 Å². The van der Waals surface area contributed by atoms with Gasteiger partial charge < -0.3 is 0 Å². The fourth-order valence-corrected chi connectivity index (χ4v) is 3.45. The average Bonchev–Trinajstić information content (AvgIpc) is 2.58. The van der Waals surface area contributed by atoms with E-state index in [2.05, 4.69) is 21.0 Å². The van der Waals surface area contributed by atoms with Gasteiger partial charge in [0.2, 0.25) is 10.0 Å². The van der Waals surface area contributed by atoms with Crippen molar-refractivity contribution >= 4 is 26.0 Å². The summed E-state index contributed by atoms with van der Waals surface area (Å²) in [6.45, 7) is 3.28. The number of nitrogens with two attached hydrogens (primary N) is 1. The van der Waals surface area contributed by atoms with Crippen molar-refractivity contribution in [1.29, 1.82) is 0 Å². The summed E-state index contributed by atoms with van der Waals surface area (Å²) in [6.07, 6.45) is 0. The van der Waals surface area contributed by atoms with Gasteiger partial charge in [-0.15, -0.1) is 0 Å². The normalized spacial score (nSPS) is 11.8. The molecule has 1 aromatic heterocycles. The number of halogens is 2. The lowest BCUT2D eigenvalue weighted by Gasteiger charge is -2.07. The molecule has 0 aliphatic rings. The molecule has 0 saturated carbocycles. The summed E-state index contributed by atoms with van der Waals surface area (Å²) in [5.41, 5.74) is 1.11. The van der Waals surface area contributed by atoms with E-state index in [1.165, 1.54) is 10.7 Å². The van der Waals surface area contributed by atoms with Crippen molar-refractivity contribution in [3.8, 4) is 0 Å². The highest BCUT2D eigenvalue weighted by molar-refractivity contribution is 9.10. The minimum atomic E-state index is -3.84. The number of sulfonamides is 1. The van der Waals surface area contributed by atoms with E-state index < -0.39 is 10.0 Å². The topological polar surface area (TPSA) is 78.0 Å². The van der Waals surface area contributed by atoms with Crippen LogP contribution in [0.1, 0.15) is 17.0 Å². The molecule has 2 aromatic rings. The van der Waals surface area contributed by atoms with Crippen molar-refractivity contribution in [2.45, 2.75) is 25.3 Å². The molecule has 1 heterocycles. The largest absolute Gasteiger partial charge is 0.264 e. The predicted octanol–water partition coefficient (Wildman–Crippen LogP) is 2.10. The Hall–Kier alpha value is -1.25. The highest BCUT2D eigenvalue weighted by atomic mass is 79.9. The molecule has 0 radical (unpaired) electrons. The average molecular weight is 362 g/mol. The van der Waals surface area contributed by atoms with E-state index in [1.807, 2.05) is 0 Å². The van der Waals surface area contributed by atoms with Crippen LogP contribution in [0.25, 0.3) is 0 Å². The molecule has 0 atom stereocenters. The van der Waals surface area contributed by atoms with Gasteiger partial charge in [-0.2, -0.15) is 5.10 Å². The van der Waals surface area contributed by atoms with E-state index in [4.69, 9.17) is 5.14 Å². The van der Waals surface area contributed by atoms with Gasteiger partial charge in [-0.05, 0) is 32.0 Å². The second-order valence-corrected chi connectivity index (χ2v) is 6.85. The third-order valence-corrected chi connectivity index (χ3v) is 4.58. The van der Waals surface area contributed by atoms with E-state index in [-0.39, 0.29) is 17.3 Å². The fraction of sp³-hybridized carbons (Fsp3) is 0.250. The Bertz CT molecular complexity index is 771. The van der Waals surface area contributed by atoms with Crippen LogP contribution in [-0.2, 0) is 16.6 Å². The van der Waals surface area contributed by atoms with Crippen LogP contribution in [0.4, 0.5) is 4.39 Å². The number of hydrogen-bond acceptors (Lipinski definition) is 3. The molecule has 0 spiro atoms. The summed E-state index contributed by atoms with van der Waals surface area (Å²) < 4.78 is 38.9. The van der Waals surface area contributed by atoms with Crippen LogP contribution >= 0.6 is 15.9 Å². The highest BCUT2D eigenvalue weighted by Crippen LogP contribution is 2.21. The van der Waals surface area contributed by atoms with Crippen LogP contribution in [0.5, 0.6) is 0 Å². The Balaban J connectivity index is 2.48. The zero-order valence-electron chi connectivity index (χ0n) is 10.9. The van der Waals surface area contributed by atoms with E-state index in [0.29, 0.717) is 17.0 Å². The first-order chi connectivity index (χ1) is 9.20. The molecule has 2 N–H and O–H groups in total. The number of rotatable bonds is 3. The molecule has 2 rings (SSSR count). The zero-order chi connectivity index (χ0) is 15.1. The summed E-state index contributed by atoms with van der Waals surface area (Å²) in [5.74, 6) is -0.377. The van der Waals surface area contributed by atoms with Crippen molar-refractivity contribution < 1.29 is 12.8 Å². The van der Waals surface area contributed by atoms with E-state index in [1.54, 1.807) is 26.0 Å². The Kier molecular flexibility index (Phi) is 3.99. The van der Waals surface area contributed by atoms with Gasteiger partial charge in [-0.3, -0.25) is 4.68 Å². The molecular formula is C12H13BrFN3O2S. The molecule has 0 aliphatic carbocycles. The van der Waals surface area contributed by atoms with Gasteiger partial charge in [0.25, 0.3) is 0 Å². The van der Waals surface area contributed by atoms with Crippen molar-refractivity contribution in [1.82, 2.24) is 9.78 Å². The van der Waals surface area contributed by atoms with Crippen LogP contribution in [-0.4, -0.2) is 18.2 Å². The minimum absolute atomic E-state index is 0.00657. The third kappa shape index (κ3) is 2.92. The van der Waals surface area contributed by atoms with E-state index >= 15 is 0 Å². The molecular weight excluding hydrogens is 349 g/mol. The highest BCUT2D eigenvalue weighted by Gasteiger charge is 2.21. The number of primary sulfonamides is 1. The Morgan fingerprint density at radius 2 is 2.05 bits per heavy atom. The Labute approximate surface area is 124 Å². The van der Waals surface area contributed by atoms with Gasteiger partial charge in [0.05, 0.1) is 17.9 Å². The quantitative estimate of drug-likeness (QED) is 0.908. The standard InChI is InChI=1S/C12H13BrFN3O2S/c1-7-12(20(15,18)19)8(2)17(16-7)6-9-5-10(13)3-4-11(9)14/h3-5H,6H2,1-2H3,(H2,15,18,19). The van der Waals surface area contributed by atoms with Gasteiger partial charge in [0.15, 0.2) is 0 Å². The summed E-state index contributed by atoms with van der Waals surface area (Å²) in [6, 6.07) is 4.56. The second kappa shape index (κ2) is 5.27. The van der Waals surface area contributed by atoms with E-state index in [9.17, 15) is 12.8 Å². The molecule has 0 fully saturated rings. The maximum atomic E-state index is 13.7. The number of benzene rings is 1. The maximum absolute atomic E-state index is 13.7. The van der Waals surface area contributed by atoms with Gasteiger partial charge in [0.1, 0.15) is 10.7 Å². The van der Waals surface area contributed by atoms with E-state index in [0.717, 1.165) is 4.47 Å². The smallest absolute Gasteiger partial charge is 0.241 e. The molecule has 20 heavy (non-hydrogen) atoms. The maximum Gasteiger partial charge on any atom is 0.241 e. The third-order valence-electron chi connectivity index (χ3n) is 2.93. The van der Waals surface area contributed by atoms with Crippen LogP contribution < -0.4 is 5.14 Å². The summed E-state index contributed by atoms with van der Waals surface area (Å²) >= 11 is 3.27. The SMILES string of the molecule is Cc1nn(Cc2cc(Br)ccc2F)c(C)c1S(N)(=O)=O. The number of aryl methyl sites for hydroxylation is 1. The van der Waals surface area contributed by atoms with Crippen molar-refractivity contribution in [3.05, 3.63) is 45.4 Å². The van der Waals surface area contributed by atoms with Gasteiger partial charge >= 0.3 is 0 Å².